The zero-order chi connectivity index (χ0) is 17.5. The van der Waals surface area contributed by atoms with Gasteiger partial charge in [-0.15, -0.1) is 0 Å². The first-order chi connectivity index (χ1) is 12.2. The predicted octanol–water partition coefficient (Wildman–Crippen LogP) is 2.94. The van der Waals surface area contributed by atoms with E-state index in [2.05, 4.69) is 17.0 Å². The van der Waals surface area contributed by atoms with Crippen molar-refractivity contribution in [1.82, 2.24) is 9.80 Å². The molecule has 5 heteroatoms. The van der Waals surface area contributed by atoms with E-state index in [-0.39, 0.29) is 24.7 Å². The van der Waals surface area contributed by atoms with Crippen LogP contribution in [0, 0.1) is 5.82 Å². The number of hydrogen-bond donors (Lipinski definition) is 0. The van der Waals surface area contributed by atoms with Crippen LogP contribution in [0.3, 0.4) is 0 Å². The van der Waals surface area contributed by atoms with Crippen molar-refractivity contribution in [3.63, 3.8) is 0 Å². The lowest BCUT2D eigenvalue weighted by molar-refractivity contribution is -0.133. The summed E-state index contributed by atoms with van der Waals surface area (Å²) in [7, 11) is 0. The number of halogens is 1. The van der Waals surface area contributed by atoms with E-state index in [9.17, 15) is 9.18 Å². The Labute approximate surface area is 147 Å². The molecule has 25 heavy (non-hydrogen) atoms. The molecule has 0 saturated carbocycles. The number of benzene rings is 2. The fourth-order valence-corrected chi connectivity index (χ4v) is 2.97. The second-order valence-corrected chi connectivity index (χ2v) is 6.17. The van der Waals surface area contributed by atoms with Gasteiger partial charge in [-0.2, -0.15) is 0 Å². The van der Waals surface area contributed by atoms with Crippen LogP contribution in [0.2, 0.25) is 0 Å². The highest BCUT2D eigenvalue weighted by atomic mass is 19.1. The summed E-state index contributed by atoms with van der Waals surface area (Å²) >= 11 is 0. The van der Waals surface area contributed by atoms with Crippen molar-refractivity contribution in [3.05, 3.63) is 66.0 Å². The van der Waals surface area contributed by atoms with Crippen LogP contribution in [0.5, 0.6) is 5.75 Å². The Balaban J connectivity index is 1.39. The molecule has 4 nitrogen and oxygen atoms in total. The number of nitrogens with zero attached hydrogens (tertiary/aromatic N) is 2. The molecule has 1 heterocycles. The van der Waals surface area contributed by atoms with Crippen LogP contribution in [0.4, 0.5) is 4.39 Å². The summed E-state index contributed by atoms with van der Waals surface area (Å²) in [6.07, 6.45) is 0.271. The van der Waals surface area contributed by atoms with Gasteiger partial charge in [-0.05, 0) is 17.7 Å². The largest absolute Gasteiger partial charge is 0.490 e. The third-order valence-electron chi connectivity index (χ3n) is 4.38. The lowest BCUT2D eigenvalue weighted by Crippen LogP contribution is -2.48. The van der Waals surface area contributed by atoms with Crippen molar-refractivity contribution >= 4 is 5.91 Å². The molecule has 0 aliphatic carbocycles. The van der Waals surface area contributed by atoms with Crippen molar-refractivity contribution < 1.29 is 13.9 Å². The Hall–Kier alpha value is -2.40. The molecule has 2 aromatic rings. The van der Waals surface area contributed by atoms with E-state index in [4.69, 9.17) is 4.74 Å². The van der Waals surface area contributed by atoms with E-state index in [0.29, 0.717) is 0 Å². The smallest absolute Gasteiger partial charge is 0.226 e. The van der Waals surface area contributed by atoms with Gasteiger partial charge in [0.05, 0.1) is 13.0 Å². The van der Waals surface area contributed by atoms with Crippen LogP contribution in [0.25, 0.3) is 0 Å². The van der Waals surface area contributed by atoms with Crippen LogP contribution in [0.1, 0.15) is 12.0 Å². The SMILES string of the molecule is O=C(CCOc1ccccc1F)N1CCN(Cc2ccccc2)CC1. The molecule has 2 aromatic carbocycles. The zero-order valence-corrected chi connectivity index (χ0v) is 14.2. The van der Waals surface area contributed by atoms with Crippen molar-refractivity contribution in [2.24, 2.45) is 0 Å². The van der Waals surface area contributed by atoms with Crippen LogP contribution >= 0.6 is 0 Å². The Morgan fingerprint density at radius 3 is 2.36 bits per heavy atom. The molecule has 1 amide bonds. The average Bonchev–Trinajstić information content (AvgIpc) is 2.65. The fourth-order valence-electron chi connectivity index (χ4n) is 2.97. The molecule has 0 N–H and O–H groups in total. The maximum atomic E-state index is 13.5. The molecule has 1 aliphatic heterocycles. The van der Waals surface area contributed by atoms with Crippen molar-refractivity contribution in [3.8, 4) is 5.75 Å². The van der Waals surface area contributed by atoms with E-state index in [1.165, 1.54) is 11.6 Å². The number of carbonyl (C=O) groups is 1. The molecule has 1 fully saturated rings. The highest BCUT2D eigenvalue weighted by molar-refractivity contribution is 5.76. The third kappa shape index (κ3) is 5.03. The normalized spacial score (nSPS) is 15.2. The summed E-state index contributed by atoms with van der Waals surface area (Å²) in [5.41, 5.74) is 1.29. The molecule has 0 unspecified atom stereocenters. The molecule has 0 radical (unpaired) electrons. The van der Waals surface area contributed by atoms with Gasteiger partial charge in [0, 0.05) is 32.7 Å². The highest BCUT2D eigenvalue weighted by Crippen LogP contribution is 2.16. The minimum Gasteiger partial charge on any atom is -0.490 e. The van der Waals surface area contributed by atoms with Crippen molar-refractivity contribution in [2.75, 3.05) is 32.8 Å². The minimum absolute atomic E-state index is 0.0655. The molecule has 1 saturated heterocycles. The number of piperazine rings is 1. The number of hydrogen-bond acceptors (Lipinski definition) is 3. The Morgan fingerprint density at radius 2 is 1.64 bits per heavy atom. The van der Waals surface area contributed by atoms with Gasteiger partial charge in [-0.1, -0.05) is 42.5 Å². The molecular weight excluding hydrogens is 319 g/mol. The number of amides is 1. The summed E-state index contributed by atoms with van der Waals surface area (Å²) < 4.78 is 18.8. The molecule has 1 aliphatic rings. The topological polar surface area (TPSA) is 32.8 Å². The van der Waals surface area contributed by atoms with Gasteiger partial charge < -0.3 is 9.64 Å². The first-order valence-corrected chi connectivity index (χ1v) is 8.64. The molecular formula is C20H23FN2O2. The molecule has 132 valence electrons. The maximum absolute atomic E-state index is 13.5. The summed E-state index contributed by atoms with van der Waals surface area (Å²) in [5, 5.41) is 0. The average molecular weight is 342 g/mol. The first-order valence-electron chi connectivity index (χ1n) is 8.64. The second kappa shape index (κ2) is 8.62. The standard InChI is InChI=1S/C20H23FN2O2/c21-18-8-4-5-9-19(18)25-15-10-20(24)23-13-11-22(12-14-23)16-17-6-2-1-3-7-17/h1-9H,10-16H2. The van der Waals surface area contributed by atoms with Gasteiger partial charge in [0.1, 0.15) is 0 Å². The summed E-state index contributed by atoms with van der Waals surface area (Å²) in [6.45, 7) is 4.31. The Bertz CT molecular complexity index is 685. The summed E-state index contributed by atoms with van der Waals surface area (Å²) in [6, 6.07) is 16.6. The lowest BCUT2D eigenvalue weighted by atomic mass is 10.2. The predicted molar refractivity (Wildman–Crippen MR) is 94.8 cm³/mol. The van der Waals surface area contributed by atoms with Crippen LogP contribution in [0.15, 0.2) is 54.6 Å². The van der Waals surface area contributed by atoms with Crippen molar-refractivity contribution in [1.29, 1.82) is 0 Å². The van der Waals surface area contributed by atoms with Gasteiger partial charge in [0.15, 0.2) is 11.6 Å². The lowest BCUT2D eigenvalue weighted by Gasteiger charge is -2.34. The first kappa shape index (κ1) is 17.4. The molecule has 0 aromatic heterocycles. The maximum Gasteiger partial charge on any atom is 0.226 e. The second-order valence-electron chi connectivity index (χ2n) is 6.17. The highest BCUT2D eigenvalue weighted by Gasteiger charge is 2.21. The summed E-state index contributed by atoms with van der Waals surface area (Å²) in [4.78, 5) is 16.5. The number of para-hydroxylation sites is 1. The molecule has 0 spiro atoms. The van der Waals surface area contributed by atoms with Gasteiger partial charge in [-0.3, -0.25) is 9.69 Å². The van der Waals surface area contributed by atoms with E-state index in [1.807, 2.05) is 23.1 Å². The van der Waals surface area contributed by atoms with Crippen LogP contribution < -0.4 is 4.74 Å². The fraction of sp³-hybridized carbons (Fsp3) is 0.350. The molecule has 0 atom stereocenters. The van der Waals surface area contributed by atoms with Gasteiger partial charge in [0.2, 0.25) is 5.91 Å². The van der Waals surface area contributed by atoms with E-state index in [0.717, 1.165) is 32.7 Å². The quantitative estimate of drug-likeness (QED) is 0.809. The van der Waals surface area contributed by atoms with E-state index >= 15 is 0 Å². The van der Waals surface area contributed by atoms with E-state index < -0.39 is 5.82 Å². The number of rotatable bonds is 6. The minimum atomic E-state index is -0.399. The van der Waals surface area contributed by atoms with Gasteiger partial charge in [-0.25, -0.2) is 4.39 Å². The Kier molecular flexibility index (Phi) is 6.01. The van der Waals surface area contributed by atoms with Crippen molar-refractivity contribution in [2.45, 2.75) is 13.0 Å². The van der Waals surface area contributed by atoms with E-state index in [1.54, 1.807) is 18.2 Å². The number of ether oxygens (including phenoxy) is 1. The van der Waals surface area contributed by atoms with Crippen LogP contribution in [-0.4, -0.2) is 48.5 Å². The molecule has 3 rings (SSSR count). The van der Waals surface area contributed by atoms with Gasteiger partial charge in [0.25, 0.3) is 0 Å². The van der Waals surface area contributed by atoms with Gasteiger partial charge >= 0.3 is 0 Å². The van der Waals surface area contributed by atoms with Crippen LogP contribution in [-0.2, 0) is 11.3 Å². The third-order valence-corrected chi connectivity index (χ3v) is 4.38. The summed E-state index contributed by atoms with van der Waals surface area (Å²) in [5.74, 6) is -0.136. The monoisotopic (exact) mass is 342 g/mol. The Morgan fingerprint density at radius 1 is 0.960 bits per heavy atom. The molecule has 0 bridgehead atoms. The number of carbonyl (C=O) groups excluding carboxylic acids is 1. The zero-order valence-electron chi connectivity index (χ0n) is 14.2.